The lowest BCUT2D eigenvalue weighted by Gasteiger charge is -2.13. The molecule has 23 heavy (non-hydrogen) atoms. The molecule has 3 heteroatoms. The van der Waals surface area contributed by atoms with Crippen LogP contribution >= 0.6 is 0 Å². The van der Waals surface area contributed by atoms with Gasteiger partial charge in [0.1, 0.15) is 0 Å². The van der Waals surface area contributed by atoms with Crippen molar-refractivity contribution in [1.29, 1.82) is 0 Å². The zero-order chi connectivity index (χ0) is 16.3. The van der Waals surface area contributed by atoms with Gasteiger partial charge in [-0.25, -0.2) is 4.79 Å². The van der Waals surface area contributed by atoms with Gasteiger partial charge >= 0.3 is 6.03 Å². The number of hydrogen-bond donors (Lipinski definition) is 2. The van der Waals surface area contributed by atoms with Gasteiger partial charge in [0.15, 0.2) is 0 Å². The molecule has 0 fully saturated rings. The molecule has 1 unspecified atom stereocenters. The van der Waals surface area contributed by atoms with E-state index in [9.17, 15) is 4.79 Å². The highest BCUT2D eigenvalue weighted by molar-refractivity contribution is 5.74. The van der Waals surface area contributed by atoms with Gasteiger partial charge in [0.05, 0.1) is 6.54 Å². The predicted molar refractivity (Wildman–Crippen MR) is 94.1 cm³/mol. The lowest BCUT2D eigenvalue weighted by molar-refractivity contribution is 0.238. The third kappa shape index (κ3) is 6.71. The fourth-order valence-electron chi connectivity index (χ4n) is 2.17. The van der Waals surface area contributed by atoms with Crippen LogP contribution in [-0.2, 0) is 6.42 Å². The van der Waals surface area contributed by atoms with Gasteiger partial charge in [-0.3, -0.25) is 0 Å². The van der Waals surface area contributed by atoms with Gasteiger partial charge in [-0.1, -0.05) is 60.4 Å². The van der Waals surface area contributed by atoms with Crippen LogP contribution in [0.15, 0.2) is 60.7 Å². The van der Waals surface area contributed by atoms with Gasteiger partial charge < -0.3 is 10.6 Å². The minimum Gasteiger partial charge on any atom is -0.336 e. The summed E-state index contributed by atoms with van der Waals surface area (Å²) in [6.45, 7) is 2.35. The Balaban J connectivity index is 1.65. The van der Waals surface area contributed by atoms with Gasteiger partial charge in [-0.05, 0) is 37.5 Å². The van der Waals surface area contributed by atoms with Crippen LogP contribution in [0.4, 0.5) is 4.79 Å². The second kappa shape index (κ2) is 9.32. The van der Waals surface area contributed by atoms with Crippen molar-refractivity contribution in [3.63, 3.8) is 0 Å². The summed E-state index contributed by atoms with van der Waals surface area (Å²) in [5.74, 6) is 5.95. The number of aryl methyl sites for hydroxylation is 1. The maximum Gasteiger partial charge on any atom is 0.315 e. The van der Waals surface area contributed by atoms with Gasteiger partial charge in [0, 0.05) is 11.6 Å². The molecule has 0 spiro atoms. The second-order valence-corrected chi connectivity index (χ2v) is 5.42. The molecule has 0 saturated heterocycles. The number of carbonyl (C=O) groups excluding carboxylic acids is 1. The first-order valence-corrected chi connectivity index (χ1v) is 7.86. The third-order valence-corrected chi connectivity index (χ3v) is 3.43. The molecular formula is C20H22N2O. The van der Waals surface area contributed by atoms with E-state index in [1.54, 1.807) is 0 Å². The third-order valence-electron chi connectivity index (χ3n) is 3.43. The minimum atomic E-state index is -0.173. The Morgan fingerprint density at radius 1 is 1.04 bits per heavy atom. The quantitative estimate of drug-likeness (QED) is 0.817. The fourth-order valence-corrected chi connectivity index (χ4v) is 2.17. The summed E-state index contributed by atoms with van der Waals surface area (Å²) in [4.78, 5) is 11.8. The summed E-state index contributed by atoms with van der Waals surface area (Å²) in [6.07, 6.45) is 1.86. The SMILES string of the molecule is CC(CCc1ccccc1)NC(=O)NCC#Cc1ccccc1. The number of carbonyl (C=O) groups is 1. The van der Waals surface area contributed by atoms with Crippen LogP contribution < -0.4 is 10.6 Å². The van der Waals surface area contributed by atoms with Gasteiger partial charge in [-0.2, -0.15) is 0 Å². The van der Waals surface area contributed by atoms with Gasteiger partial charge in [0.2, 0.25) is 0 Å². The average Bonchev–Trinajstić information content (AvgIpc) is 2.59. The van der Waals surface area contributed by atoms with E-state index >= 15 is 0 Å². The van der Waals surface area contributed by atoms with Gasteiger partial charge in [0.25, 0.3) is 0 Å². The smallest absolute Gasteiger partial charge is 0.315 e. The molecule has 0 radical (unpaired) electrons. The largest absolute Gasteiger partial charge is 0.336 e. The summed E-state index contributed by atoms with van der Waals surface area (Å²) in [5, 5.41) is 5.69. The standard InChI is InChI=1S/C20H22N2O/c1-17(14-15-19-11-6-3-7-12-19)22-20(23)21-16-8-13-18-9-4-2-5-10-18/h2-7,9-12,17H,14-16H2,1H3,(H2,21,22,23). The first-order valence-electron chi connectivity index (χ1n) is 7.86. The van der Waals surface area contributed by atoms with E-state index in [1.807, 2.05) is 55.5 Å². The monoisotopic (exact) mass is 306 g/mol. The number of urea groups is 1. The zero-order valence-electron chi connectivity index (χ0n) is 13.4. The van der Waals surface area contributed by atoms with E-state index < -0.39 is 0 Å². The molecule has 1 atom stereocenters. The first-order chi connectivity index (χ1) is 11.2. The number of rotatable bonds is 5. The molecule has 0 bridgehead atoms. The lowest BCUT2D eigenvalue weighted by atomic mass is 10.1. The van der Waals surface area contributed by atoms with Crippen LogP contribution in [0.1, 0.15) is 24.5 Å². The minimum absolute atomic E-state index is 0.122. The van der Waals surface area contributed by atoms with Crippen LogP contribution in [0.2, 0.25) is 0 Å². The van der Waals surface area contributed by atoms with E-state index in [-0.39, 0.29) is 12.1 Å². The summed E-state index contributed by atoms with van der Waals surface area (Å²) < 4.78 is 0. The molecule has 2 amide bonds. The Labute approximate surface area is 138 Å². The Morgan fingerprint density at radius 2 is 1.70 bits per heavy atom. The van der Waals surface area contributed by atoms with Crippen molar-refractivity contribution in [3.05, 3.63) is 71.8 Å². The van der Waals surface area contributed by atoms with E-state index in [4.69, 9.17) is 0 Å². The van der Waals surface area contributed by atoms with Crippen molar-refractivity contribution < 1.29 is 4.79 Å². The average molecular weight is 306 g/mol. The van der Waals surface area contributed by atoms with Crippen molar-refractivity contribution in [2.75, 3.05) is 6.54 Å². The molecule has 2 N–H and O–H groups in total. The van der Waals surface area contributed by atoms with Crippen molar-refractivity contribution in [3.8, 4) is 11.8 Å². The molecule has 2 rings (SSSR count). The second-order valence-electron chi connectivity index (χ2n) is 5.42. The van der Waals surface area contributed by atoms with Crippen molar-refractivity contribution >= 4 is 6.03 Å². The summed E-state index contributed by atoms with van der Waals surface area (Å²) >= 11 is 0. The molecule has 0 heterocycles. The maximum absolute atomic E-state index is 11.8. The molecule has 0 aliphatic rings. The van der Waals surface area contributed by atoms with Crippen LogP contribution in [-0.4, -0.2) is 18.6 Å². The molecule has 0 aliphatic heterocycles. The number of benzene rings is 2. The van der Waals surface area contributed by atoms with Crippen molar-refractivity contribution in [1.82, 2.24) is 10.6 Å². The summed E-state index contributed by atoms with van der Waals surface area (Å²) in [5.41, 5.74) is 2.24. The number of nitrogens with one attached hydrogen (secondary N) is 2. The molecule has 2 aromatic carbocycles. The molecule has 0 aromatic heterocycles. The first kappa shape index (κ1) is 16.6. The molecule has 0 aliphatic carbocycles. The van der Waals surface area contributed by atoms with Crippen molar-refractivity contribution in [2.24, 2.45) is 0 Å². The van der Waals surface area contributed by atoms with Crippen LogP contribution in [0.3, 0.4) is 0 Å². The maximum atomic E-state index is 11.8. The normalized spacial score (nSPS) is 11.0. The zero-order valence-corrected chi connectivity index (χ0v) is 13.4. The highest BCUT2D eigenvalue weighted by Gasteiger charge is 2.06. The van der Waals surface area contributed by atoms with E-state index in [0.717, 1.165) is 18.4 Å². The molecule has 3 nitrogen and oxygen atoms in total. The Morgan fingerprint density at radius 3 is 2.39 bits per heavy atom. The lowest BCUT2D eigenvalue weighted by Crippen LogP contribution is -2.41. The molecule has 0 saturated carbocycles. The highest BCUT2D eigenvalue weighted by Crippen LogP contribution is 2.04. The Bertz CT molecular complexity index is 656. The predicted octanol–water partition coefficient (Wildman–Crippen LogP) is 3.36. The Kier molecular flexibility index (Phi) is 6.74. The number of hydrogen-bond acceptors (Lipinski definition) is 1. The van der Waals surface area contributed by atoms with E-state index in [2.05, 4.69) is 34.6 Å². The van der Waals surface area contributed by atoms with Crippen LogP contribution in [0.5, 0.6) is 0 Å². The molecule has 118 valence electrons. The highest BCUT2D eigenvalue weighted by atomic mass is 16.2. The Hall–Kier alpha value is -2.73. The molecule has 2 aromatic rings. The van der Waals surface area contributed by atoms with E-state index in [1.165, 1.54) is 5.56 Å². The molecular weight excluding hydrogens is 284 g/mol. The summed E-state index contributed by atoms with van der Waals surface area (Å²) in [6, 6.07) is 20.0. The topological polar surface area (TPSA) is 41.1 Å². The number of amides is 2. The fraction of sp³-hybridized carbons (Fsp3) is 0.250. The van der Waals surface area contributed by atoms with Gasteiger partial charge in [-0.15, -0.1) is 0 Å². The summed E-state index contributed by atoms with van der Waals surface area (Å²) in [7, 11) is 0. The van der Waals surface area contributed by atoms with Crippen LogP contribution in [0, 0.1) is 11.8 Å². The van der Waals surface area contributed by atoms with Crippen molar-refractivity contribution in [2.45, 2.75) is 25.8 Å². The van der Waals surface area contributed by atoms with E-state index in [0.29, 0.717) is 6.54 Å². The van der Waals surface area contributed by atoms with Crippen LogP contribution in [0.25, 0.3) is 0 Å².